The van der Waals surface area contributed by atoms with Gasteiger partial charge < -0.3 is 14.6 Å². The second-order valence-corrected chi connectivity index (χ2v) is 5.47. The molecule has 1 N–H and O–H groups in total. The van der Waals surface area contributed by atoms with Crippen LogP contribution in [0.25, 0.3) is 0 Å². The van der Waals surface area contributed by atoms with Gasteiger partial charge in [-0.15, -0.1) is 0 Å². The Morgan fingerprint density at radius 1 is 1.32 bits per heavy atom. The van der Waals surface area contributed by atoms with Crippen molar-refractivity contribution < 1.29 is 13.5 Å². The molecule has 2 heterocycles. The van der Waals surface area contributed by atoms with E-state index in [-0.39, 0.29) is 12.1 Å². The molecule has 1 aliphatic heterocycles. The maximum atomic E-state index is 13.4. The van der Waals surface area contributed by atoms with Crippen LogP contribution >= 0.6 is 0 Å². The Morgan fingerprint density at radius 2 is 2.23 bits per heavy atom. The van der Waals surface area contributed by atoms with E-state index in [0.717, 1.165) is 32.0 Å². The lowest BCUT2D eigenvalue weighted by molar-refractivity contribution is 0.0983. The number of ether oxygens (including phenoxy) is 1. The Morgan fingerprint density at radius 3 is 3.00 bits per heavy atom. The maximum Gasteiger partial charge on any atom is 0.159 e. The van der Waals surface area contributed by atoms with Crippen LogP contribution in [0.3, 0.4) is 0 Å². The third kappa shape index (κ3) is 3.51. The first-order valence-electron chi connectivity index (χ1n) is 7.50. The molecule has 0 bridgehead atoms. The summed E-state index contributed by atoms with van der Waals surface area (Å²) < 4.78 is 34.1. The van der Waals surface area contributed by atoms with Crippen molar-refractivity contribution in [2.75, 3.05) is 13.2 Å². The number of benzene rings is 1. The highest BCUT2D eigenvalue weighted by Gasteiger charge is 2.29. The van der Waals surface area contributed by atoms with Crippen molar-refractivity contribution in [3.8, 4) is 0 Å². The topological polar surface area (TPSA) is 39.1 Å². The van der Waals surface area contributed by atoms with Crippen molar-refractivity contribution >= 4 is 0 Å². The Kier molecular flexibility index (Phi) is 4.80. The van der Waals surface area contributed by atoms with Crippen molar-refractivity contribution in [3.05, 3.63) is 54.1 Å². The molecule has 4 nitrogen and oxygen atoms in total. The van der Waals surface area contributed by atoms with Gasteiger partial charge >= 0.3 is 0 Å². The Bertz CT molecular complexity index is 603. The molecule has 1 aliphatic rings. The van der Waals surface area contributed by atoms with E-state index in [0.29, 0.717) is 12.2 Å². The highest BCUT2D eigenvalue weighted by atomic mass is 19.2. The molecule has 0 aliphatic carbocycles. The summed E-state index contributed by atoms with van der Waals surface area (Å²) in [6.07, 6.45) is 7.11. The Hall–Kier alpha value is -1.79. The molecule has 1 aromatic heterocycles. The van der Waals surface area contributed by atoms with E-state index in [2.05, 4.69) is 10.3 Å². The average Bonchev–Trinajstić information content (AvgIpc) is 3.18. The first-order chi connectivity index (χ1) is 10.7. The summed E-state index contributed by atoms with van der Waals surface area (Å²) in [5.41, 5.74) is 0.684. The van der Waals surface area contributed by atoms with E-state index in [1.807, 2.05) is 10.8 Å². The molecule has 0 amide bonds. The molecular weight excluding hydrogens is 288 g/mol. The van der Waals surface area contributed by atoms with Crippen molar-refractivity contribution in [2.45, 2.75) is 31.5 Å². The summed E-state index contributed by atoms with van der Waals surface area (Å²) in [6.45, 7) is 2.37. The van der Waals surface area contributed by atoms with E-state index in [9.17, 15) is 8.78 Å². The molecule has 1 fully saturated rings. The molecule has 3 rings (SSSR count). The number of rotatable bonds is 6. The summed E-state index contributed by atoms with van der Waals surface area (Å²) in [4.78, 5) is 4.00. The van der Waals surface area contributed by atoms with Crippen LogP contribution in [0.1, 0.15) is 24.5 Å². The van der Waals surface area contributed by atoms with Crippen LogP contribution in [-0.2, 0) is 11.3 Å². The second-order valence-electron chi connectivity index (χ2n) is 5.47. The lowest BCUT2D eigenvalue weighted by atomic mass is 10.0. The number of imidazole rings is 1. The fourth-order valence-corrected chi connectivity index (χ4v) is 2.78. The van der Waals surface area contributed by atoms with Gasteiger partial charge in [0, 0.05) is 31.6 Å². The predicted molar refractivity (Wildman–Crippen MR) is 78.3 cm³/mol. The van der Waals surface area contributed by atoms with Crippen molar-refractivity contribution in [3.63, 3.8) is 0 Å². The Labute approximate surface area is 128 Å². The molecule has 2 aromatic rings. The lowest BCUT2D eigenvalue weighted by Gasteiger charge is -2.20. The number of halogens is 2. The number of nitrogens with one attached hydrogen (secondary N) is 1. The van der Waals surface area contributed by atoms with Crippen LogP contribution in [-0.4, -0.2) is 28.7 Å². The van der Waals surface area contributed by atoms with Gasteiger partial charge in [0.15, 0.2) is 11.6 Å². The summed E-state index contributed by atoms with van der Waals surface area (Å²) in [6, 6.07) is 4.11. The van der Waals surface area contributed by atoms with Crippen LogP contribution < -0.4 is 5.32 Å². The number of nitrogens with zero attached hydrogens (tertiary/aromatic N) is 2. The zero-order valence-electron chi connectivity index (χ0n) is 12.2. The minimum atomic E-state index is -0.827. The smallest absolute Gasteiger partial charge is 0.159 e. The van der Waals surface area contributed by atoms with Crippen molar-refractivity contribution in [2.24, 2.45) is 0 Å². The standard InChI is InChI=1S/C16H19F2N3O/c17-13-3-2-12(10-14(13)18)16-15(4-9-22-16)20-5-1-7-21-8-6-19-11-21/h2-3,6,8,10-11,15-16,20H,1,4-5,7,9H2/t15-,16+/m0/s1. The third-order valence-electron chi connectivity index (χ3n) is 3.92. The zero-order chi connectivity index (χ0) is 15.4. The van der Waals surface area contributed by atoms with Crippen molar-refractivity contribution in [1.29, 1.82) is 0 Å². The molecule has 2 atom stereocenters. The van der Waals surface area contributed by atoms with E-state index in [4.69, 9.17) is 4.74 Å². The largest absolute Gasteiger partial charge is 0.372 e. The van der Waals surface area contributed by atoms with Gasteiger partial charge in [-0.1, -0.05) is 6.07 Å². The van der Waals surface area contributed by atoms with Gasteiger partial charge in [0.2, 0.25) is 0 Å². The van der Waals surface area contributed by atoms with E-state index < -0.39 is 11.6 Å². The lowest BCUT2D eigenvalue weighted by Crippen LogP contribution is -2.33. The molecular formula is C16H19F2N3O. The molecule has 118 valence electrons. The van der Waals surface area contributed by atoms with Gasteiger partial charge in [0.1, 0.15) is 0 Å². The van der Waals surface area contributed by atoms with Gasteiger partial charge in [-0.05, 0) is 37.1 Å². The van der Waals surface area contributed by atoms with Crippen LogP contribution in [0.5, 0.6) is 0 Å². The first kappa shape index (κ1) is 15.1. The van der Waals surface area contributed by atoms with Crippen molar-refractivity contribution in [1.82, 2.24) is 14.9 Å². The molecule has 0 spiro atoms. The molecule has 1 aromatic carbocycles. The minimum Gasteiger partial charge on any atom is -0.372 e. The molecule has 0 radical (unpaired) electrons. The number of aryl methyl sites for hydroxylation is 1. The highest BCUT2D eigenvalue weighted by Crippen LogP contribution is 2.29. The van der Waals surface area contributed by atoms with E-state index >= 15 is 0 Å². The number of hydrogen-bond acceptors (Lipinski definition) is 3. The van der Waals surface area contributed by atoms with Gasteiger partial charge in [-0.3, -0.25) is 0 Å². The summed E-state index contributed by atoms with van der Waals surface area (Å²) >= 11 is 0. The summed E-state index contributed by atoms with van der Waals surface area (Å²) in [5.74, 6) is -1.65. The SMILES string of the molecule is Fc1ccc([C@H]2OCC[C@@H]2NCCCn2ccnc2)cc1F. The third-order valence-corrected chi connectivity index (χ3v) is 3.92. The van der Waals surface area contributed by atoms with Crippen LogP contribution in [0.15, 0.2) is 36.9 Å². The molecule has 1 saturated heterocycles. The van der Waals surface area contributed by atoms with E-state index in [1.54, 1.807) is 18.6 Å². The molecule has 0 saturated carbocycles. The van der Waals surface area contributed by atoms with Gasteiger partial charge in [-0.2, -0.15) is 0 Å². The number of hydrogen-bond donors (Lipinski definition) is 1. The fraction of sp³-hybridized carbons (Fsp3) is 0.438. The monoisotopic (exact) mass is 307 g/mol. The Balaban J connectivity index is 1.53. The highest BCUT2D eigenvalue weighted by molar-refractivity contribution is 5.22. The molecule has 0 unspecified atom stereocenters. The second kappa shape index (κ2) is 6.98. The normalized spacial score (nSPS) is 21.4. The minimum absolute atomic E-state index is 0.132. The van der Waals surface area contributed by atoms with Crippen LogP contribution in [0.2, 0.25) is 0 Å². The fourth-order valence-electron chi connectivity index (χ4n) is 2.78. The van der Waals surface area contributed by atoms with Crippen LogP contribution in [0.4, 0.5) is 8.78 Å². The summed E-state index contributed by atoms with van der Waals surface area (Å²) in [7, 11) is 0. The van der Waals surface area contributed by atoms with Gasteiger partial charge in [0.25, 0.3) is 0 Å². The van der Waals surface area contributed by atoms with Crippen LogP contribution in [0, 0.1) is 11.6 Å². The van der Waals surface area contributed by atoms with Gasteiger partial charge in [0.05, 0.1) is 12.4 Å². The molecule has 22 heavy (non-hydrogen) atoms. The maximum absolute atomic E-state index is 13.4. The quantitative estimate of drug-likeness (QED) is 0.834. The van der Waals surface area contributed by atoms with Gasteiger partial charge in [-0.25, -0.2) is 13.8 Å². The molecule has 6 heteroatoms. The zero-order valence-corrected chi connectivity index (χ0v) is 12.2. The number of aromatic nitrogens is 2. The van der Waals surface area contributed by atoms with E-state index in [1.165, 1.54) is 6.07 Å². The predicted octanol–water partition coefficient (Wildman–Crippen LogP) is 2.67. The first-order valence-corrected chi connectivity index (χ1v) is 7.50. The average molecular weight is 307 g/mol. The summed E-state index contributed by atoms with van der Waals surface area (Å²) in [5, 5.41) is 3.45.